The van der Waals surface area contributed by atoms with Crippen molar-refractivity contribution in [1.29, 1.82) is 0 Å². The van der Waals surface area contributed by atoms with Gasteiger partial charge in [-0.3, -0.25) is 9.69 Å². The number of morpholine rings is 1. The van der Waals surface area contributed by atoms with Crippen LogP contribution in [0.2, 0.25) is 0 Å². The Hall–Kier alpha value is -1.59. The van der Waals surface area contributed by atoms with Gasteiger partial charge in [-0.05, 0) is 42.9 Å². The van der Waals surface area contributed by atoms with Crippen molar-refractivity contribution in [2.75, 3.05) is 26.7 Å². The number of nitrogens with zero attached hydrogens (tertiary/aromatic N) is 1. The molecule has 1 aliphatic carbocycles. The summed E-state index contributed by atoms with van der Waals surface area (Å²) in [6.07, 6.45) is 3.63. The van der Waals surface area contributed by atoms with Gasteiger partial charge in [-0.15, -0.1) is 0 Å². The van der Waals surface area contributed by atoms with E-state index in [1.807, 2.05) is 12.1 Å². The zero-order valence-corrected chi connectivity index (χ0v) is 14.2. The van der Waals surface area contributed by atoms with Crippen LogP contribution in [0.5, 0.6) is 5.75 Å². The van der Waals surface area contributed by atoms with Crippen LogP contribution in [0.25, 0.3) is 0 Å². The van der Waals surface area contributed by atoms with Crippen molar-refractivity contribution in [3.8, 4) is 5.75 Å². The van der Waals surface area contributed by atoms with Crippen LogP contribution in [-0.2, 0) is 16.1 Å². The maximum Gasteiger partial charge on any atom is 0.225 e. The molecule has 3 aliphatic rings. The summed E-state index contributed by atoms with van der Waals surface area (Å²) in [4.78, 5) is 14.8. The van der Waals surface area contributed by atoms with E-state index < -0.39 is 0 Å². The van der Waals surface area contributed by atoms with Crippen molar-refractivity contribution in [3.63, 3.8) is 0 Å². The molecule has 3 fully saturated rings. The second-order valence-corrected chi connectivity index (χ2v) is 7.37. The van der Waals surface area contributed by atoms with Crippen LogP contribution in [-0.4, -0.2) is 49.8 Å². The third-order valence-corrected chi connectivity index (χ3v) is 5.40. The third-order valence-electron chi connectivity index (χ3n) is 5.40. The van der Waals surface area contributed by atoms with Gasteiger partial charge in [0.25, 0.3) is 0 Å². The van der Waals surface area contributed by atoms with Crippen LogP contribution >= 0.6 is 0 Å². The van der Waals surface area contributed by atoms with Gasteiger partial charge in [-0.2, -0.15) is 0 Å². The first-order valence-electron chi connectivity index (χ1n) is 8.99. The Morgan fingerprint density at radius 3 is 2.79 bits per heavy atom. The first-order valence-corrected chi connectivity index (χ1v) is 8.99. The predicted octanol–water partition coefficient (Wildman–Crippen LogP) is 1.81. The van der Waals surface area contributed by atoms with Gasteiger partial charge in [0.1, 0.15) is 5.75 Å². The lowest BCUT2D eigenvalue weighted by atomic mass is 9.99. The molecule has 1 aromatic carbocycles. The minimum absolute atomic E-state index is 0.0228. The van der Waals surface area contributed by atoms with Crippen molar-refractivity contribution >= 4 is 5.91 Å². The Morgan fingerprint density at radius 1 is 1.29 bits per heavy atom. The number of likely N-dealkylation sites (tertiary alicyclic amines) is 1. The molecule has 4 rings (SSSR count). The smallest absolute Gasteiger partial charge is 0.225 e. The third kappa shape index (κ3) is 3.57. The monoisotopic (exact) mass is 330 g/mol. The number of benzene rings is 1. The number of ether oxygens (including phenoxy) is 2. The van der Waals surface area contributed by atoms with Crippen LogP contribution in [0.3, 0.4) is 0 Å². The summed E-state index contributed by atoms with van der Waals surface area (Å²) in [6, 6.07) is 8.21. The molecule has 1 amide bonds. The molecule has 2 aliphatic heterocycles. The highest BCUT2D eigenvalue weighted by atomic mass is 16.5. The Bertz CT molecular complexity index is 585. The highest BCUT2D eigenvalue weighted by molar-refractivity contribution is 5.79. The fourth-order valence-corrected chi connectivity index (χ4v) is 3.83. The van der Waals surface area contributed by atoms with Gasteiger partial charge in [-0.1, -0.05) is 12.1 Å². The molecule has 0 spiro atoms. The highest BCUT2D eigenvalue weighted by Gasteiger charge is 2.44. The molecule has 1 aromatic rings. The molecule has 2 heterocycles. The number of hydrogen-bond donors (Lipinski definition) is 1. The van der Waals surface area contributed by atoms with Crippen LogP contribution < -0.4 is 10.1 Å². The summed E-state index contributed by atoms with van der Waals surface area (Å²) in [5.74, 6) is 1.82. The van der Waals surface area contributed by atoms with E-state index in [0.717, 1.165) is 44.3 Å². The van der Waals surface area contributed by atoms with Gasteiger partial charge in [-0.25, -0.2) is 0 Å². The average molecular weight is 330 g/mol. The first-order chi connectivity index (χ1) is 11.7. The fourth-order valence-electron chi connectivity index (χ4n) is 3.83. The normalized spacial score (nSPS) is 29.5. The summed E-state index contributed by atoms with van der Waals surface area (Å²) in [5.41, 5.74) is 1.27. The second-order valence-electron chi connectivity index (χ2n) is 7.37. The standard InChI is InChI=1S/C19H26N2O3/c1-23-15-6-4-14(5-7-15)10-21-11-16-8-17(18(12-21)24-16)19(22)20-9-13-2-3-13/h4-7,13,16-18H,2-3,8-12H2,1H3,(H,20,22)/t16-,17+,18-/m1/s1. The number of carbonyl (C=O) groups is 1. The molecule has 0 radical (unpaired) electrons. The zero-order valence-electron chi connectivity index (χ0n) is 14.2. The summed E-state index contributed by atoms with van der Waals surface area (Å²) in [6.45, 7) is 3.50. The van der Waals surface area contributed by atoms with Crippen molar-refractivity contribution in [2.24, 2.45) is 11.8 Å². The van der Waals surface area contributed by atoms with Gasteiger partial charge in [0, 0.05) is 26.2 Å². The van der Waals surface area contributed by atoms with E-state index in [1.165, 1.54) is 18.4 Å². The van der Waals surface area contributed by atoms with Crippen molar-refractivity contribution in [1.82, 2.24) is 10.2 Å². The van der Waals surface area contributed by atoms with Crippen molar-refractivity contribution < 1.29 is 14.3 Å². The summed E-state index contributed by atoms with van der Waals surface area (Å²) in [5, 5.41) is 3.13. The van der Waals surface area contributed by atoms with Crippen LogP contribution in [0.1, 0.15) is 24.8 Å². The molecule has 130 valence electrons. The predicted molar refractivity (Wildman–Crippen MR) is 90.8 cm³/mol. The van der Waals surface area contributed by atoms with E-state index in [2.05, 4.69) is 22.3 Å². The molecular formula is C19H26N2O3. The molecular weight excluding hydrogens is 304 g/mol. The molecule has 24 heavy (non-hydrogen) atoms. The largest absolute Gasteiger partial charge is 0.497 e. The lowest BCUT2D eigenvalue weighted by Crippen LogP contribution is -2.45. The number of fused-ring (bicyclic) bond motifs is 2. The quantitative estimate of drug-likeness (QED) is 0.864. The van der Waals surface area contributed by atoms with Gasteiger partial charge in [0.05, 0.1) is 25.2 Å². The molecule has 1 N–H and O–H groups in total. The van der Waals surface area contributed by atoms with Crippen molar-refractivity contribution in [2.45, 2.75) is 38.0 Å². The maximum atomic E-state index is 12.4. The fraction of sp³-hybridized carbons (Fsp3) is 0.632. The lowest BCUT2D eigenvalue weighted by Gasteiger charge is -2.32. The number of hydrogen-bond acceptors (Lipinski definition) is 4. The number of nitrogens with one attached hydrogen (secondary N) is 1. The van der Waals surface area contributed by atoms with Crippen LogP contribution in [0.4, 0.5) is 0 Å². The van der Waals surface area contributed by atoms with Crippen molar-refractivity contribution in [3.05, 3.63) is 29.8 Å². The van der Waals surface area contributed by atoms with Gasteiger partial charge >= 0.3 is 0 Å². The molecule has 5 nitrogen and oxygen atoms in total. The average Bonchev–Trinajstić information content (AvgIpc) is 3.37. The van der Waals surface area contributed by atoms with E-state index in [0.29, 0.717) is 0 Å². The van der Waals surface area contributed by atoms with E-state index in [9.17, 15) is 4.79 Å². The first kappa shape index (κ1) is 15.9. The highest BCUT2D eigenvalue weighted by Crippen LogP contribution is 2.33. The summed E-state index contributed by atoms with van der Waals surface area (Å²) >= 11 is 0. The summed E-state index contributed by atoms with van der Waals surface area (Å²) in [7, 11) is 1.68. The molecule has 3 atom stereocenters. The van der Waals surface area contributed by atoms with E-state index >= 15 is 0 Å². The number of carbonyl (C=O) groups excluding carboxylic acids is 1. The Kier molecular flexibility index (Phi) is 4.46. The Morgan fingerprint density at radius 2 is 2.08 bits per heavy atom. The molecule has 1 saturated carbocycles. The van der Waals surface area contributed by atoms with E-state index in [1.54, 1.807) is 7.11 Å². The van der Waals surface area contributed by atoms with E-state index in [4.69, 9.17) is 9.47 Å². The molecule has 0 unspecified atom stereocenters. The molecule has 0 aromatic heterocycles. The molecule has 5 heteroatoms. The minimum Gasteiger partial charge on any atom is -0.497 e. The zero-order chi connectivity index (χ0) is 16.5. The van der Waals surface area contributed by atoms with Crippen LogP contribution in [0, 0.1) is 11.8 Å². The number of amides is 1. The second kappa shape index (κ2) is 6.73. The SMILES string of the molecule is COc1ccc(CN2C[C@H]3C[C@H](C(=O)NCC4CC4)[C@@H](C2)O3)cc1. The number of rotatable bonds is 6. The van der Waals surface area contributed by atoms with E-state index in [-0.39, 0.29) is 24.0 Å². The molecule has 2 saturated heterocycles. The van der Waals surface area contributed by atoms with Gasteiger partial charge in [0.15, 0.2) is 0 Å². The lowest BCUT2D eigenvalue weighted by molar-refractivity contribution is -0.128. The number of methoxy groups -OCH3 is 1. The van der Waals surface area contributed by atoms with Gasteiger partial charge < -0.3 is 14.8 Å². The Balaban J connectivity index is 1.32. The Labute approximate surface area is 143 Å². The maximum absolute atomic E-state index is 12.4. The molecule has 2 bridgehead atoms. The summed E-state index contributed by atoms with van der Waals surface area (Å²) < 4.78 is 11.2. The topological polar surface area (TPSA) is 50.8 Å². The minimum atomic E-state index is 0.0228. The van der Waals surface area contributed by atoms with Gasteiger partial charge in [0.2, 0.25) is 5.91 Å². The van der Waals surface area contributed by atoms with Crippen LogP contribution in [0.15, 0.2) is 24.3 Å².